The summed E-state index contributed by atoms with van der Waals surface area (Å²) < 4.78 is 0. The van der Waals surface area contributed by atoms with Gasteiger partial charge in [-0.25, -0.2) is 4.98 Å². The maximum absolute atomic E-state index is 11.5. The Bertz CT molecular complexity index is 591. The molecule has 1 aromatic carbocycles. The topological polar surface area (TPSA) is 68.0 Å². The summed E-state index contributed by atoms with van der Waals surface area (Å²) in [6, 6.07) is 5.40. The number of ketones is 1. The quantitative estimate of drug-likeness (QED) is 0.663. The fraction of sp³-hybridized carbons (Fsp3) is 0.286. The first-order valence-electron chi connectivity index (χ1n) is 5.99. The molecule has 0 atom stereocenters. The zero-order valence-corrected chi connectivity index (χ0v) is 12.0. The Balaban J connectivity index is 2.29. The molecule has 3 N–H and O–H groups in total. The molecule has 19 heavy (non-hydrogen) atoms. The lowest BCUT2D eigenvalue weighted by atomic mass is 10.0. The van der Waals surface area contributed by atoms with Gasteiger partial charge in [-0.15, -0.1) is 11.3 Å². The number of thiazole rings is 1. The number of nitrogen functional groups attached to an aromatic ring is 1. The second-order valence-corrected chi connectivity index (χ2v) is 5.84. The minimum atomic E-state index is -0.293. The summed E-state index contributed by atoms with van der Waals surface area (Å²) in [6.45, 7) is 5.62. The molecule has 0 saturated carbocycles. The van der Waals surface area contributed by atoms with E-state index in [1.165, 1.54) is 6.92 Å². The summed E-state index contributed by atoms with van der Waals surface area (Å²) in [7, 11) is 0. The standard InChI is InChI=1S/C14H17N3OS/c1-9(18)11-8-10(4-5-12(11)15)17-14(2,3)13-16-6-7-19-13/h4-8,17H,15H2,1-3H3. The minimum Gasteiger partial charge on any atom is -0.398 e. The van der Waals surface area contributed by atoms with Gasteiger partial charge in [0.2, 0.25) is 0 Å². The third kappa shape index (κ3) is 2.93. The van der Waals surface area contributed by atoms with Crippen LogP contribution in [0.1, 0.15) is 36.1 Å². The number of nitrogens with zero attached hydrogens (tertiary/aromatic N) is 1. The molecule has 1 aromatic heterocycles. The highest BCUT2D eigenvalue weighted by Gasteiger charge is 2.23. The van der Waals surface area contributed by atoms with Crippen LogP contribution in [0.4, 0.5) is 11.4 Å². The molecule has 1 heterocycles. The Hall–Kier alpha value is -1.88. The number of nitrogens with two attached hydrogens (primary N) is 1. The Morgan fingerprint density at radius 3 is 2.74 bits per heavy atom. The second-order valence-electron chi connectivity index (χ2n) is 4.95. The van der Waals surface area contributed by atoms with Gasteiger partial charge in [-0.2, -0.15) is 0 Å². The van der Waals surface area contributed by atoms with Gasteiger partial charge in [0.1, 0.15) is 5.01 Å². The maximum atomic E-state index is 11.5. The van der Waals surface area contributed by atoms with Crippen molar-refractivity contribution < 1.29 is 4.79 Å². The molecule has 0 aliphatic carbocycles. The highest BCUT2D eigenvalue weighted by molar-refractivity contribution is 7.09. The van der Waals surface area contributed by atoms with Crippen LogP contribution < -0.4 is 11.1 Å². The normalized spacial score (nSPS) is 11.3. The van der Waals surface area contributed by atoms with Gasteiger partial charge < -0.3 is 11.1 Å². The molecular weight excluding hydrogens is 258 g/mol. The van der Waals surface area contributed by atoms with E-state index in [-0.39, 0.29) is 11.3 Å². The summed E-state index contributed by atoms with van der Waals surface area (Å²) in [4.78, 5) is 15.8. The van der Waals surface area contributed by atoms with Crippen LogP contribution in [0.2, 0.25) is 0 Å². The van der Waals surface area contributed by atoms with E-state index in [1.54, 1.807) is 29.7 Å². The minimum absolute atomic E-state index is 0.0341. The zero-order chi connectivity index (χ0) is 14.0. The van der Waals surface area contributed by atoms with Gasteiger partial charge in [-0.1, -0.05) is 0 Å². The van der Waals surface area contributed by atoms with E-state index >= 15 is 0 Å². The van der Waals surface area contributed by atoms with Crippen LogP contribution in [-0.2, 0) is 5.54 Å². The lowest BCUT2D eigenvalue weighted by Gasteiger charge is -2.25. The average molecular weight is 275 g/mol. The molecule has 4 nitrogen and oxygen atoms in total. The van der Waals surface area contributed by atoms with Crippen LogP contribution >= 0.6 is 11.3 Å². The molecule has 100 valence electrons. The SMILES string of the molecule is CC(=O)c1cc(NC(C)(C)c2nccs2)ccc1N. The van der Waals surface area contributed by atoms with Crippen molar-refractivity contribution in [2.75, 3.05) is 11.1 Å². The first-order chi connectivity index (χ1) is 8.90. The number of hydrogen-bond donors (Lipinski definition) is 2. The first-order valence-corrected chi connectivity index (χ1v) is 6.87. The second kappa shape index (κ2) is 5.01. The van der Waals surface area contributed by atoms with Gasteiger partial charge in [0, 0.05) is 28.5 Å². The Labute approximate surface area is 116 Å². The van der Waals surface area contributed by atoms with Gasteiger partial charge in [-0.05, 0) is 39.0 Å². The molecule has 0 fully saturated rings. The van der Waals surface area contributed by atoms with Crippen molar-refractivity contribution in [1.29, 1.82) is 0 Å². The van der Waals surface area contributed by atoms with Gasteiger partial charge in [0.15, 0.2) is 5.78 Å². The number of anilines is 2. The zero-order valence-electron chi connectivity index (χ0n) is 11.2. The monoisotopic (exact) mass is 275 g/mol. The van der Waals surface area contributed by atoms with E-state index in [4.69, 9.17) is 5.73 Å². The van der Waals surface area contributed by atoms with Crippen LogP contribution in [0.15, 0.2) is 29.8 Å². The fourth-order valence-electron chi connectivity index (χ4n) is 1.89. The number of carbonyl (C=O) groups is 1. The molecule has 0 saturated heterocycles. The third-order valence-corrected chi connectivity index (χ3v) is 3.95. The molecule has 2 rings (SSSR count). The van der Waals surface area contributed by atoms with E-state index in [1.807, 2.05) is 11.4 Å². The predicted molar refractivity (Wildman–Crippen MR) is 79.6 cm³/mol. The Kier molecular flexibility index (Phi) is 3.57. The predicted octanol–water partition coefficient (Wildman–Crippen LogP) is 3.28. The van der Waals surface area contributed by atoms with E-state index in [0.29, 0.717) is 11.3 Å². The highest BCUT2D eigenvalue weighted by Crippen LogP contribution is 2.28. The number of aromatic nitrogens is 1. The first kappa shape index (κ1) is 13.5. The largest absolute Gasteiger partial charge is 0.398 e. The van der Waals surface area contributed by atoms with Crippen molar-refractivity contribution in [3.05, 3.63) is 40.3 Å². The number of nitrogens with one attached hydrogen (secondary N) is 1. The van der Waals surface area contributed by atoms with Crippen molar-refractivity contribution in [3.63, 3.8) is 0 Å². The number of Topliss-reactive ketones (excluding diaryl/α,β-unsaturated/α-hetero) is 1. The maximum Gasteiger partial charge on any atom is 0.161 e. The molecule has 2 aromatic rings. The number of hydrogen-bond acceptors (Lipinski definition) is 5. The van der Waals surface area contributed by atoms with Crippen LogP contribution in [0.3, 0.4) is 0 Å². The van der Waals surface area contributed by atoms with Crippen molar-refractivity contribution in [1.82, 2.24) is 4.98 Å². The van der Waals surface area contributed by atoms with Crippen LogP contribution in [0, 0.1) is 0 Å². The highest BCUT2D eigenvalue weighted by atomic mass is 32.1. The average Bonchev–Trinajstić information content (AvgIpc) is 2.85. The van der Waals surface area contributed by atoms with Gasteiger partial charge >= 0.3 is 0 Å². The van der Waals surface area contributed by atoms with E-state index in [9.17, 15) is 4.79 Å². The van der Waals surface area contributed by atoms with Crippen molar-refractivity contribution in [2.24, 2.45) is 0 Å². The van der Waals surface area contributed by atoms with Gasteiger partial charge in [0.25, 0.3) is 0 Å². The molecule has 0 amide bonds. The summed E-state index contributed by atoms with van der Waals surface area (Å²) in [5.74, 6) is -0.0341. The summed E-state index contributed by atoms with van der Waals surface area (Å²) >= 11 is 1.60. The van der Waals surface area contributed by atoms with Crippen LogP contribution in [-0.4, -0.2) is 10.8 Å². The molecular formula is C14H17N3OS. The van der Waals surface area contributed by atoms with Crippen LogP contribution in [0.25, 0.3) is 0 Å². The molecule has 0 unspecified atom stereocenters. The third-order valence-electron chi connectivity index (χ3n) is 2.86. The van der Waals surface area contributed by atoms with E-state index in [2.05, 4.69) is 24.1 Å². The smallest absolute Gasteiger partial charge is 0.161 e. The Morgan fingerprint density at radius 2 is 2.16 bits per heavy atom. The molecule has 0 aliphatic heterocycles. The lowest BCUT2D eigenvalue weighted by Crippen LogP contribution is -2.27. The van der Waals surface area contributed by atoms with Crippen molar-refractivity contribution in [3.8, 4) is 0 Å². The summed E-state index contributed by atoms with van der Waals surface area (Å²) in [5.41, 5.74) is 7.40. The molecule has 0 radical (unpaired) electrons. The van der Waals surface area contributed by atoms with E-state index in [0.717, 1.165) is 10.7 Å². The molecule has 0 bridgehead atoms. The van der Waals surface area contributed by atoms with Crippen molar-refractivity contribution in [2.45, 2.75) is 26.3 Å². The Morgan fingerprint density at radius 1 is 1.42 bits per heavy atom. The number of carbonyl (C=O) groups excluding carboxylic acids is 1. The fourth-order valence-corrected chi connectivity index (χ4v) is 2.60. The van der Waals surface area contributed by atoms with Crippen LogP contribution in [0.5, 0.6) is 0 Å². The lowest BCUT2D eigenvalue weighted by molar-refractivity contribution is 0.101. The number of rotatable bonds is 4. The summed E-state index contributed by atoms with van der Waals surface area (Å²) in [6.07, 6.45) is 1.79. The number of benzene rings is 1. The van der Waals surface area contributed by atoms with Gasteiger partial charge in [-0.3, -0.25) is 4.79 Å². The molecule has 0 spiro atoms. The molecule has 0 aliphatic rings. The van der Waals surface area contributed by atoms with Gasteiger partial charge in [0.05, 0.1) is 5.54 Å². The molecule has 5 heteroatoms. The van der Waals surface area contributed by atoms with E-state index < -0.39 is 0 Å². The van der Waals surface area contributed by atoms with Crippen molar-refractivity contribution >= 4 is 28.5 Å². The summed E-state index contributed by atoms with van der Waals surface area (Å²) in [5, 5.41) is 6.32.